The van der Waals surface area contributed by atoms with E-state index in [1.54, 1.807) is 24.8 Å². The number of halogens is 1. The molecule has 1 aromatic carbocycles. The summed E-state index contributed by atoms with van der Waals surface area (Å²) in [6.07, 6.45) is 1.45. The van der Waals surface area contributed by atoms with E-state index in [4.69, 9.17) is 0 Å². The number of nitrogens with zero attached hydrogens (tertiary/aromatic N) is 1. The predicted octanol–water partition coefficient (Wildman–Crippen LogP) is 2.37. The van der Waals surface area contributed by atoms with Gasteiger partial charge in [0.05, 0.1) is 6.10 Å². The Balaban J connectivity index is 2.15. The first kappa shape index (κ1) is 14.0. The Morgan fingerprint density at radius 2 is 2.26 bits per heavy atom. The van der Waals surface area contributed by atoms with Crippen LogP contribution in [0.1, 0.15) is 35.7 Å². The van der Waals surface area contributed by atoms with Gasteiger partial charge in [-0.1, -0.05) is 0 Å². The van der Waals surface area contributed by atoms with Crippen molar-refractivity contribution >= 4 is 5.91 Å². The molecule has 1 aromatic rings. The fourth-order valence-electron chi connectivity index (χ4n) is 2.63. The predicted molar refractivity (Wildman–Crippen MR) is 71.4 cm³/mol. The summed E-state index contributed by atoms with van der Waals surface area (Å²) in [7, 11) is 0. The molecular formula is C15H20FNO2. The number of rotatable bonds is 2. The van der Waals surface area contributed by atoms with Crippen LogP contribution in [0.2, 0.25) is 0 Å². The number of likely N-dealkylation sites (tertiary alicyclic amines) is 1. The molecule has 1 saturated heterocycles. The Morgan fingerprint density at radius 1 is 1.53 bits per heavy atom. The standard InChI is InChI=1S/C15H20FNO2/c1-10-8-13(16)5-6-14(10)15(19)17-7-3-4-12(9-17)11(2)18/h5-6,8,11-12,18H,3-4,7,9H2,1-2H3. The molecule has 3 nitrogen and oxygen atoms in total. The van der Waals surface area contributed by atoms with Gasteiger partial charge >= 0.3 is 0 Å². The lowest BCUT2D eigenvalue weighted by Gasteiger charge is -2.34. The molecule has 2 rings (SSSR count). The number of carbonyl (C=O) groups is 1. The van der Waals surface area contributed by atoms with Gasteiger partial charge in [0.1, 0.15) is 5.82 Å². The number of benzene rings is 1. The maximum absolute atomic E-state index is 13.1. The van der Waals surface area contributed by atoms with Gasteiger partial charge in [-0.05, 0) is 50.5 Å². The zero-order valence-corrected chi connectivity index (χ0v) is 11.4. The molecule has 1 aliphatic heterocycles. The van der Waals surface area contributed by atoms with E-state index in [0.717, 1.165) is 12.8 Å². The summed E-state index contributed by atoms with van der Waals surface area (Å²) in [5.41, 5.74) is 1.21. The quantitative estimate of drug-likeness (QED) is 0.891. The van der Waals surface area contributed by atoms with Gasteiger partial charge in [-0.15, -0.1) is 0 Å². The van der Waals surface area contributed by atoms with Gasteiger partial charge in [0.15, 0.2) is 0 Å². The summed E-state index contributed by atoms with van der Waals surface area (Å²) in [4.78, 5) is 14.2. The number of hydrogen-bond donors (Lipinski definition) is 1. The highest BCUT2D eigenvalue weighted by atomic mass is 19.1. The fourth-order valence-corrected chi connectivity index (χ4v) is 2.63. The van der Waals surface area contributed by atoms with Crippen LogP contribution in [0.4, 0.5) is 4.39 Å². The molecule has 2 unspecified atom stereocenters. The van der Waals surface area contributed by atoms with Gasteiger partial charge in [0.25, 0.3) is 5.91 Å². The van der Waals surface area contributed by atoms with Crippen LogP contribution in [0.25, 0.3) is 0 Å². The fraction of sp³-hybridized carbons (Fsp3) is 0.533. The highest BCUT2D eigenvalue weighted by Crippen LogP contribution is 2.22. The molecular weight excluding hydrogens is 245 g/mol. The largest absolute Gasteiger partial charge is 0.393 e. The summed E-state index contributed by atoms with van der Waals surface area (Å²) >= 11 is 0. The summed E-state index contributed by atoms with van der Waals surface area (Å²) in [6, 6.07) is 4.23. The van der Waals surface area contributed by atoms with Crippen LogP contribution < -0.4 is 0 Å². The van der Waals surface area contributed by atoms with Crippen LogP contribution in [-0.4, -0.2) is 35.1 Å². The molecule has 4 heteroatoms. The number of aryl methyl sites for hydroxylation is 1. The average molecular weight is 265 g/mol. The van der Waals surface area contributed by atoms with Crippen molar-refractivity contribution in [3.63, 3.8) is 0 Å². The van der Waals surface area contributed by atoms with Gasteiger partial charge in [-0.25, -0.2) is 4.39 Å². The van der Waals surface area contributed by atoms with E-state index < -0.39 is 6.10 Å². The van der Waals surface area contributed by atoms with Crippen LogP contribution >= 0.6 is 0 Å². The highest BCUT2D eigenvalue weighted by Gasteiger charge is 2.27. The second-order valence-electron chi connectivity index (χ2n) is 5.35. The Hall–Kier alpha value is -1.42. The second kappa shape index (κ2) is 5.70. The number of hydrogen-bond acceptors (Lipinski definition) is 2. The molecule has 0 saturated carbocycles. The zero-order chi connectivity index (χ0) is 14.0. The van der Waals surface area contributed by atoms with E-state index in [9.17, 15) is 14.3 Å². The van der Waals surface area contributed by atoms with Crippen molar-refractivity contribution in [3.8, 4) is 0 Å². The Labute approximate surface area is 113 Å². The maximum Gasteiger partial charge on any atom is 0.254 e. The van der Waals surface area contributed by atoms with Crippen molar-refractivity contribution in [1.29, 1.82) is 0 Å². The van der Waals surface area contributed by atoms with Crippen molar-refractivity contribution in [2.24, 2.45) is 5.92 Å². The van der Waals surface area contributed by atoms with Gasteiger partial charge in [-0.3, -0.25) is 4.79 Å². The van der Waals surface area contributed by atoms with Crippen LogP contribution in [0, 0.1) is 18.7 Å². The van der Waals surface area contributed by atoms with Crippen molar-refractivity contribution in [2.75, 3.05) is 13.1 Å². The Morgan fingerprint density at radius 3 is 2.89 bits per heavy atom. The molecule has 104 valence electrons. The summed E-state index contributed by atoms with van der Waals surface area (Å²) in [5.74, 6) is -0.254. The molecule has 0 aromatic heterocycles. The Bertz CT molecular complexity index is 473. The normalized spacial score (nSPS) is 21.3. The van der Waals surface area contributed by atoms with Crippen LogP contribution in [0.3, 0.4) is 0 Å². The molecule has 1 amide bonds. The SMILES string of the molecule is Cc1cc(F)ccc1C(=O)N1CCCC(C(C)O)C1. The molecule has 0 spiro atoms. The lowest BCUT2D eigenvalue weighted by molar-refractivity contribution is 0.0465. The molecule has 19 heavy (non-hydrogen) atoms. The van der Waals surface area contributed by atoms with Gasteiger partial charge in [0, 0.05) is 24.6 Å². The van der Waals surface area contributed by atoms with E-state index in [0.29, 0.717) is 24.2 Å². The first-order valence-electron chi connectivity index (χ1n) is 6.72. The maximum atomic E-state index is 13.1. The zero-order valence-electron chi connectivity index (χ0n) is 11.4. The smallest absolute Gasteiger partial charge is 0.254 e. The van der Waals surface area contributed by atoms with Crippen LogP contribution in [-0.2, 0) is 0 Å². The van der Waals surface area contributed by atoms with Crippen LogP contribution in [0.15, 0.2) is 18.2 Å². The lowest BCUT2D eigenvalue weighted by atomic mass is 9.93. The van der Waals surface area contributed by atoms with Crippen molar-refractivity contribution in [3.05, 3.63) is 35.1 Å². The number of piperidine rings is 1. The minimum absolute atomic E-state index is 0.0668. The second-order valence-corrected chi connectivity index (χ2v) is 5.35. The molecule has 1 heterocycles. The van der Waals surface area contributed by atoms with E-state index in [-0.39, 0.29) is 17.6 Å². The summed E-state index contributed by atoms with van der Waals surface area (Å²) in [6.45, 7) is 4.79. The molecule has 0 radical (unpaired) electrons. The minimum Gasteiger partial charge on any atom is -0.393 e. The topological polar surface area (TPSA) is 40.5 Å². The van der Waals surface area contributed by atoms with Crippen LogP contribution in [0.5, 0.6) is 0 Å². The monoisotopic (exact) mass is 265 g/mol. The first-order chi connectivity index (χ1) is 8.99. The van der Waals surface area contributed by atoms with Gasteiger partial charge < -0.3 is 10.0 Å². The highest BCUT2D eigenvalue weighted by molar-refractivity contribution is 5.95. The molecule has 1 aliphatic rings. The van der Waals surface area contributed by atoms with E-state index >= 15 is 0 Å². The molecule has 0 aliphatic carbocycles. The van der Waals surface area contributed by atoms with Crippen molar-refractivity contribution in [2.45, 2.75) is 32.8 Å². The Kier molecular flexibility index (Phi) is 4.20. The minimum atomic E-state index is -0.398. The number of carbonyl (C=O) groups excluding carboxylic acids is 1. The third-order valence-electron chi connectivity index (χ3n) is 3.85. The third kappa shape index (κ3) is 3.13. The number of amides is 1. The third-order valence-corrected chi connectivity index (χ3v) is 3.85. The summed E-state index contributed by atoms with van der Waals surface area (Å²) in [5, 5.41) is 9.65. The summed E-state index contributed by atoms with van der Waals surface area (Å²) < 4.78 is 13.1. The van der Waals surface area contributed by atoms with Crippen molar-refractivity contribution in [1.82, 2.24) is 4.90 Å². The average Bonchev–Trinajstić information content (AvgIpc) is 2.38. The van der Waals surface area contributed by atoms with E-state index in [2.05, 4.69) is 0 Å². The first-order valence-corrected chi connectivity index (χ1v) is 6.72. The van der Waals surface area contributed by atoms with Gasteiger partial charge in [0.2, 0.25) is 0 Å². The molecule has 1 fully saturated rings. The molecule has 2 atom stereocenters. The number of aliphatic hydroxyl groups excluding tert-OH is 1. The van der Waals surface area contributed by atoms with E-state index in [1.807, 2.05) is 0 Å². The van der Waals surface area contributed by atoms with E-state index in [1.165, 1.54) is 12.1 Å². The molecule has 1 N–H and O–H groups in total. The lowest BCUT2D eigenvalue weighted by Crippen LogP contribution is -2.43. The van der Waals surface area contributed by atoms with Gasteiger partial charge in [-0.2, -0.15) is 0 Å². The number of aliphatic hydroxyl groups is 1. The molecule has 0 bridgehead atoms. The van der Waals surface area contributed by atoms with Crippen molar-refractivity contribution < 1.29 is 14.3 Å².